The third-order valence-electron chi connectivity index (χ3n) is 2.60. The van der Waals surface area contributed by atoms with Crippen molar-refractivity contribution in [3.8, 4) is 0 Å². The number of benzene rings is 1. The molecule has 1 aromatic carbocycles. The molecule has 0 saturated carbocycles. The van der Waals surface area contributed by atoms with E-state index in [4.69, 9.17) is 23.2 Å². The molecule has 1 heterocycles. The van der Waals surface area contributed by atoms with Crippen molar-refractivity contribution in [3.05, 3.63) is 40.9 Å². The minimum absolute atomic E-state index is 0.0265. The minimum Gasteiger partial charge on any atom is -0.368 e. The van der Waals surface area contributed by atoms with Gasteiger partial charge in [-0.1, -0.05) is 23.7 Å². The molecule has 0 aliphatic carbocycles. The molecule has 1 atom stereocenters. The largest absolute Gasteiger partial charge is 0.368 e. The van der Waals surface area contributed by atoms with E-state index in [-0.39, 0.29) is 12.0 Å². The van der Waals surface area contributed by atoms with Gasteiger partial charge in [-0.15, -0.1) is 0 Å². The lowest BCUT2D eigenvalue weighted by atomic mass is 10.1. The van der Waals surface area contributed by atoms with Gasteiger partial charge in [0.05, 0.1) is 0 Å². The van der Waals surface area contributed by atoms with E-state index in [1.807, 2.05) is 31.2 Å². The summed E-state index contributed by atoms with van der Waals surface area (Å²) in [6, 6.07) is 9.31. The molecule has 6 N–H and O–H groups in total. The first-order chi connectivity index (χ1) is 9.08. The maximum atomic E-state index is 5.96. The van der Waals surface area contributed by atoms with Crippen molar-refractivity contribution < 1.29 is 0 Å². The molecule has 0 bridgehead atoms. The Hall–Kier alpha value is -2.05. The molecule has 7 heteroatoms. The van der Waals surface area contributed by atoms with Gasteiger partial charge in [0.1, 0.15) is 11.6 Å². The highest BCUT2D eigenvalue weighted by Gasteiger charge is 2.08. The highest BCUT2D eigenvalue weighted by Crippen LogP contribution is 2.22. The van der Waals surface area contributed by atoms with Gasteiger partial charge in [-0.05, 0) is 24.6 Å². The Kier molecular flexibility index (Phi) is 4.03. The third-order valence-corrected chi connectivity index (χ3v) is 2.84. The predicted molar refractivity (Wildman–Crippen MR) is 77.7 cm³/mol. The van der Waals surface area contributed by atoms with Crippen LogP contribution >= 0.6 is 11.6 Å². The predicted octanol–water partition coefficient (Wildman–Crippen LogP) is 2.17. The van der Waals surface area contributed by atoms with Gasteiger partial charge in [-0.3, -0.25) is 0 Å². The zero-order chi connectivity index (χ0) is 13.8. The van der Waals surface area contributed by atoms with Crippen LogP contribution in [-0.4, -0.2) is 9.97 Å². The fourth-order valence-electron chi connectivity index (χ4n) is 1.69. The summed E-state index contributed by atoms with van der Waals surface area (Å²) in [5, 5.41) is 3.91. The Bertz CT molecular complexity index is 574. The highest BCUT2D eigenvalue weighted by atomic mass is 35.5. The second-order valence-electron chi connectivity index (χ2n) is 4.06. The second-order valence-corrected chi connectivity index (χ2v) is 4.50. The minimum atomic E-state index is 0.0265. The number of nitrogens with zero attached hydrogens (tertiary/aromatic N) is 2. The van der Waals surface area contributed by atoms with Crippen LogP contribution in [0.2, 0.25) is 5.02 Å². The van der Waals surface area contributed by atoms with Crippen LogP contribution in [0.15, 0.2) is 30.3 Å². The number of hydrogen-bond acceptors (Lipinski definition) is 6. The molecule has 6 nitrogen and oxygen atoms in total. The van der Waals surface area contributed by atoms with Crippen LogP contribution in [0.25, 0.3) is 0 Å². The van der Waals surface area contributed by atoms with Gasteiger partial charge in [0, 0.05) is 17.1 Å². The third kappa shape index (κ3) is 3.46. The summed E-state index contributed by atoms with van der Waals surface area (Å²) in [5.74, 6) is 6.50. The summed E-state index contributed by atoms with van der Waals surface area (Å²) < 4.78 is 0. The standard InChI is InChI=1S/C12H15ClN6/c1-7(8-3-2-4-9(13)5-8)16-10-6-11(19-15)18-12(14)17-10/h2-7H,15H2,1H3,(H4,14,16,17,18,19). The Balaban J connectivity index is 2.18. The Labute approximate surface area is 116 Å². The average Bonchev–Trinajstić information content (AvgIpc) is 2.38. The maximum Gasteiger partial charge on any atom is 0.223 e. The summed E-state index contributed by atoms with van der Waals surface area (Å²) in [7, 11) is 0. The highest BCUT2D eigenvalue weighted by molar-refractivity contribution is 6.30. The van der Waals surface area contributed by atoms with Crippen molar-refractivity contribution in [3.63, 3.8) is 0 Å². The lowest BCUT2D eigenvalue weighted by Crippen LogP contribution is -2.13. The zero-order valence-electron chi connectivity index (χ0n) is 10.4. The van der Waals surface area contributed by atoms with Gasteiger partial charge in [-0.25, -0.2) is 5.84 Å². The number of nitrogens with one attached hydrogen (secondary N) is 2. The lowest BCUT2D eigenvalue weighted by Gasteiger charge is -2.16. The van der Waals surface area contributed by atoms with Gasteiger partial charge >= 0.3 is 0 Å². The Morgan fingerprint density at radius 3 is 2.63 bits per heavy atom. The number of rotatable bonds is 4. The molecule has 0 spiro atoms. The molecule has 0 aliphatic heterocycles. The first-order valence-electron chi connectivity index (χ1n) is 5.71. The van der Waals surface area contributed by atoms with Gasteiger partial charge in [0.15, 0.2) is 0 Å². The number of halogens is 1. The molecule has 19 heavy (non-hydrogen) atoms. The molecule has 0 saturated heterocycles. The van der Waals surface area contributed by atoms with E-state index in [0.29, 0.717) is 16.7 Å². The normalized spacial score (nSPS) is 11.9. The molecule has 0 aliphatic rings. The van der Waals surface area contributed by atoms with Crippen LogP contribution < -0.4 is 22.3 Å². The van der Waals surface area contributed by atoms with E-state index in [0.717, 1.165) is 5.56 Å². The summed E-state index contributed by atoms with van der Waals surface area (Å²) in [6.45, 7) is 2.00. The summed E-state index contributed by atoms with van der Waals surface area (Å²) in [5.41, 5.74) is 9.08. The summed E-state index contributed by atoms with van der Waals surface area (Å²) in [4.78, 5) is 8.01. The van der Waals surface area contributed by atoms with Crippen molar-refractivity contribution in [1.29, 1.82) is 0 Å². The SMILES string of the molecule is CC(Nc1cc(NN)nc(N)n1)c1cccc(Cl)c1. The van der Waals surface area contributed by atoms with Crippen LogP contribution in [0.3, 0.4) is 0 Å². The maximum absolute atomic E-state index is 5.96. The van der Waals surface area contributed by atoms with Crippen LogP contribution in [-0.2, 0) is 0 Å². The summed E-state index contributed by atoms with van der Waals surface area (Å²) in [6.07, 6.45) is 0. The fraction of sp³-hybridized carbons (Fsp3) is 0.167. The van der Waals surface area contributed by atoms with E-state index in [9.17, 15) is 0 Å². The fourth-order valence-corrected chi connectivity index (χ4v) is 1.89. The Morgan fingerprint density at radius 1 is 1.21 bits per heavy atom. The molecular weight excluding hydrogens is 264 g/mol. The van der Waals surface area contributed by atoms with Crippen molar-refractivity contribution in [2.45, 2.75) is 13.0 Å². The lowest BCUT2D eigenvalue weighted by molar-refractivity contribution is 0.873. The molecule has 0 fully saturated rings. The number of hydrazine groups is 1. The van der Waals surface area contributed by atoms with Gasteiger partial charge in [0.25, 0.3) is 0 Å². The number of anilines is 3. The van der Waals surface area contributed by atoms with E-state index < -0.39 is 0 Å². The molecule has 0 radical (unpaired) electrons. The smallest absolute Gasteiger partial charge is 0.223 e. The Morgan fingerprint density at radius 2 is 1.95 bits per heavy atom. The number of nitrogens with two attached hydrogens (primary N) is 2. The van der Waals surface area contributed by atoms with E-state index >= 15 is 0 Å². The topological polar surface area (TPSA) is 102 Å². The van der Waals surface area contributed by atoms with Crippen LogP contribution in [0, 0.1) is 0 Å². The van der Waals surface area contributed by atoms with Crippen molar-refractivity contribution in [2.75, 3.05) is 16.5 Å². The van der Waals surface area contributed by atoms with Crippen LogP contribution in [0.4, 0.5) is 17.6 Å². The van der Waals surface area contributed by atoms with E-state index in [1.165, 1.54) is 0 Å². The first kappa shape index (κ1) is 13.4. The van der Waals surface area contributed by atoms with Gasteiger partial charge in [-0.2, -0.15) is 9.97 Å². The number of nitrogen functional groups attached to an aromatic ring is 2. The average molecular weight is 279 g/mol. The zero-order valence-corrected chi connectivity index (χ0v) is 11.1. The van der Waals surface area contributed by atoms with Crippen LogP contribution in [0.1, 0.15) is 18.5 Å². The number of aromatic nitrogens is 2. The molecular formula is C12H15ClN6. The first-order valence-corrected chi connectivity index (χ1v) is 6.09. The molecule has 1 aromatic heterocycles. The quantitative estimate of drug-likeness (QED) is 0.505. The van der Waals surface area contributed by atoms with E-state index in [1.54, 1.807) is 6.07 Å². The molecule has 2 aromatic rings. The van der Waals surface area contributed by atoms with Gasteiger partial charge in [0.2, 0.25) is 5.95 Å². The van der Waals surface area contributed by atoms with Crippen LogP contribution in [0.5, 0.6) is 0 Å². The molecule has 1 unspecified atom stereocenters. The second kappa shape index (κ2) is 5.73. The molecule has 2 rings (SSSR count). The monoisotopic (exact) mass is 278 g/mol. The molecule has 100 valence electrons. The number of hydrogen-bond donors (Lipinski definition) is 4. The van der Waals surface area contributed by atoms with Crippen molar-refractivity contribution in [2.24, 2.45) is 5.84 Å². The molecule has 0 amide bonds. The van der Waals surface area contributed by atoms with Gasteiger partial charge < -0.3 is 16.5 Å². The van der Waals surface area contributed by atoms with Crippen molar-refractivity contribution >= 4 is 29.2 Å². The van der Waals surface area contributed by atoms with Crippen molar-refractivity contribution in [1.82, 2.24) is 9.97 Å². The van der Waals surface area contributed by atoms with E-state index in [2.05, 4.69) is 20.7 Å². The summed E-state index contributed by atoms with van der Waals surface area (Å²) >= 11 is 5.96.